The van der Waals surface area contributed by atoms with Crippen molar-refractivity contribution >= 4 is 11.6 Å². The minimum Gasteiger partial charge on any atom is -0.353 e. The minimum atomic E-state index is -0.439. The van der Waals surface area contributed by atoms with Gasteiger partial charge in [0, 0.05) is 17.7 Å². The van der Waals surface area contributed by atoms with E-state index < -0.39 is 4.92 Å². The molecule has 1 aromatic carbocycles. The molecule has 1 aliphatic rings. The van der Waals surface area contributed by atoms with Crippen molar-refractivity contribution in [2.75, 3.05) is 0 Å². The number of nitrogens with zero attached hydrogens (tertiary/aromatic N) is 1. The highest BCUT2D eigenvalue weighted by Gasteiger charge is 2.23. The summed E-state index contributed by atoms with van der Waals surface area (Å²) in [5.41, 5.74) is 0.484. The van der Waals surface area contributed by atoms with Crippen LogP contribution in [0.25, 0.3) is 0 Å². The third-order valence-electron chi connectivity index (χ3n) is 4.00. The van der Waals surface area contributed by atoms with E-state index >= 15 is 0 Å². The monoisotopic (exact) mass is 276 g/mol. The van der Waals surface area contributed by atoms with Gasteiger partial charge in [0.05, 0.1) is 11.3 Å². The summed E-state index contributed by atoms with van der Waals surface area (Å²) in [6.45, 7) is 2.15. The first-order valence-corrected chi connectivity index (χ1v) is 7.09. The van der Waals surface area contributed by atoms with Gasteiger partial charge in [0.25, 0.3) is 5.69 Å². The van der Waals surface area contributed by atoms with Crippen LogP contribution in [0.4, 0.5) is 5.69 Å². The van der Waals surface area contributed by atoms with Gasteiger partial charge in [0.2, 0.25) is 5.91 Å². The second kappa shape index (κ2) is 6.50. The molecule has 0 unspecified atom stereocenters. The lowest BCUT2D eigenvalue weighted by atomic mass is 9.86. The maximum absolute atomic E-state index is 12.1. The SMILES string of the molecule is C[C@@H]1CCCC[C@@H]1NC(=O)Cc1ccccc1[N+](=O)[O-]. The van der Waals surface area contributed by atoms with Gasteiger partial charge in [-0.15, -0.1) is 0 Å². The van der Waals surface area contributed by atoms with Crippen LogP contribution in [0.1, 0.15) is 38.2 Å². The summed E-state index contributed by atoms with van der Waals surface area (Å²) >= 11 is 0. The molecule has 0 heterocycles. The number of nitro benzene ring substituents is 1. The number of para-hydroxylation sites is 1. The Labute approximate surface area is 118 Å². The summed E-state index contributed by atoms with van der Waals surface area (Å²) in [4.78, 5) is 22.5. The minimum absolute atomic E-state index is 0.0133. The van der Waals surface area contributed by atoms with E-state index in [-0.39, 0.29) is 24.1 Å². The van der Waals surface area contributed by atoms with Gasteiger partial charge in [-0.2, -0.15) is 0 Å². The molecular formula is C15H20N2O3. The fourth-order valence-corrected chi connectivity index (χ4v) is 2.80. The topological polar surface area (TPSA) is 72.2 Å². The van der Waals surface area contributed by atoms with E-state index in [1.54, 1.807) is 18.2 Å². The fourth-order valence-electron chi connectivity index (χ4n) is 2.80. The first-order valence-electron chi connectivity index (χ1n) is 7.09. The van der Waals surface area contributed by atoms with Gasteiger partial charge in [-0.25, -0.2) is 0 Å². The Bertz CT molecular complexity index is 502. The van der Waals surface area contributed by atoms with Gasteiger partial charge in [-0.05, 0) is 18.8 Å². The average molecular weight is 276 g/mol. The average Bonchev–Trinajstić information content (AvgIpc) is 2.41. The second-order valence-electron chi connectivity index (χ2n) is 5.50. The number of carbonyl (C=O) groups excluding carboxylic acids is 1. The van der Waals surface area contributed by atoms with Crippen LogP contribution in [0.2, 0.25) is 0 Å². The number of carbonyl (C=O) groups is 1. The molecule has 2 atom stereocenters. The lowest BCUT2D eigenvalue weighted by Crippen LogP contribution is -2.41. The van der Waals surface area contributed by atoms with Crippen molar-refractivity contribution in [3.63, 3.8) is 0 Å². The zero-order valence-electron chi connectivity index (χ0n) is 11.7. The highest BCUT2D eigenvalue weighted by atomic mass is 16.6. The van der Waals surface area contributed by atoms with Gasteiger partial charge in [0.1, 0.15) is 0 Å². The summed E-state index contributed by atoms with van der Waals surface area (Å²) < 4.78 is 0. The van der Waals surface area contributed by atoms with Crippen molar-refractivity contribution in [2.24, 2.45) is 5.92 Å². The molecule has 1 amide bonds. The van der Waals surface area contributed by atoms with Crippen molar-refractivity contribution in [3.05, 3.63) is 39.9 Å². The summed E-state index contributed by atoms with van der Waals surface area (Å²) in [6.07, 6.45) is 4.57. The van der Waals surface area contributed by atoms with Crippen LogP contribution in [0.5, 0.6) is 0 Å². The summed E-state index contributed by atoms with van der Waals surface area (Å²) in [6, 6.07) is 6.62. The quantitative estimate of drug-likeness (QED) is 0.679. The predicted octanol–water partition coefficient (Wildman–Crippen LogP) is 2.83. The molecule has 1 aromatic rings. The van der Waals surface area contributed by atoms with Crippen molar-refractivity contribution in [3.8, 4) is 0 Å². The van der Waals surface area contributed by atoms with Crippen molar-refractivity contribution in [1.82, 2.24) is 5.32 Å². The van der Waals surface area contributed by atoms with E-state index in [0.29, 0.717) is 11.5 Å². The Morgan fingerprint density at radius 3 is 2.75 bits per heavy atom. The number of amides is 1. The number of hydrogen-bond acceptors (Lipinski definition) is 3. The summed E-state index contributed by atoms with van der Waals surface area (Å²) in [5.74, 6) is 0.358. The van der Waals surface area contributed by atoms with E-state index in [9.17, 15) is 14.9 Å². The van der Waals surface area contributed by atoms with Crippen LogP contribution in [0, 0.1) is 16.0 Å². The molecule has 0 aliphatic heterocycles. The normalized spacial score (nSPS) is 22.2. The molecule has 5 heteroatoms. The molecular weight excluding hydrogens is 256 g/mol. The maximum atomic E-state index is 12.1. The number of rotatable bonds is 4. The molecule has 108 valence electrons. The molecule has 0 saturated heterocycles. The fraction of sp³-hybridized carbons (Fsp3) is 0.533. The van der Waals surface area contributed by atoms with Crippen molar-refractivity contribution in [1.29, 1.82) is 0 Å². The maximum Gasteiger partial charge on any atom is 0.273 e. The first-order chi connectivity index (χ1) is 9.58. The van der Waals surface area contributed by atoms with E-state index in [1.165, 1.54) is 12.5 Å². The Morgan fingerprint density at radius 2 is 2.05 bits per heavy atom. The molecule has 20 heavy (non-hydrogen) atoms. The Morgan fingerprint density at radius 1 is 1.35 bits per heavy atom. The standard InChI is InChI=1S/C15H20N2O3/c1-11-6-2-4-8-13(11)16-15(18)10-12-7-3-5-9-14(12)17(19)20/h3,5,7,9,11,13H,2,4,6,8,10H2,1H3,(H,16,18)/t11-,13+/m1/s1. The molecule has 0 radical (unpaired) electrons. The van der Waals surface area contributed by atoms with E-state index in [4.69, 9.17) is 0 Å². The van der Waals surface area contributed by atoms with Crippen molar-refractivity contribution in [2.45, 2.75) is 45.1 Å². The van der Waals surface area contributed by atoms with Gasteiger partial charge in [-0.3, -0.25) is 14.9 Å². The Hall–Kier alpha value is -1.91. The smallest absolute Gasteiger partial charge is 0.273 e. The van der Waals surface area contributed by atoms with Gasteiger partial charge in [-0.1, -0.05) is 38.0 Å². The molecule has 1 saturated carbocycles. The number of nitro groups is 1. The summed E-state index contributed by atoms with van der Waals surface area (Å²) in [5, 5.41) is 13.9. The molecule has 1 fully saturated rings. The molecule has 5 nitrogen and oxygen atoms in total. The number of hydrogen-bond donors (Lipinski definition) is 1. The highest BCUT2D eigenvalue weighted by molar-refractivity contribution is 5.80. The molecule has 0 aromatic heterocycles. The summed E-state index contributed by atoms with van der Waals surface area (Å²) in [7, 11) is 0. The van der Waals surface area contributed by atoms with E-state index in [2.05, 4.69) is 12.2 Å². The second-order valence-corrected chi connectivity index (χ2v) is 5.50. The van der Waals surface area contributed by atoms with Gasteiger partial charge < -0.3 is 5.32 Å². The molecule has 2 rings (SSSR count). The predicted molar refractivity (Wildman–Crippen MR) is 76.4 cm³/mol. The zero-order chi connectivity index (χ0) is 14.5. The first kappa shape index (κ1) is 14.5. The van der Waals surface area contributed by atoms with Crippen molar-refractivity contribution < 1.29 is 9.72 Å². The largest absolute Gasteiger partial charge is 0.353 e. The van der Waals surface area contributed by atoms with Crippen LogP contribution < -0.4 is 5.32 Å². The zero-order valence-corrected chi connectivity index (χ0v) is 11.7. The van der Waals surface area contributed by atoms with Crippen LogP contribution in [0.3, 0.4) is 0 Å². The van der Waals surface area contributed by atoms with Crippen LogP contribution in [-0.2, 0) is 11.2 Å². The Kier molecular flexibility index (Phi) is 4.71. The van der Waals surface area contributed by atoms with Crippen LogP contribution in [-0.4, -0.2) is 16.9 Å². The lowest BCUT2D eigenvalue weighted by molar-refractivity contribution is -0.385. The highest BCUT2D eigenvalue weighted by Crippen LogP contribution is 2.24. The third-order valence-corrected chi connectivity index (χ3v) is 4.00. The molecule has 1 aliphatic carbocycles. The lowest BCUT2D eigenvalue weighted by Gasteiger charge is -2.29. The van der Waals surface area contributed by atoms with Crippen LogP contribution >= 0.6 is 0 Å². The third kappa shape index (κ3) is 3.56. The Balaban J connectivity index is 1.99. The van der Waals surface area contributed by atoms with E-state index in [0.717, 1.165) is 19.3 Å². The van der Waals surface area contributed by atoms with Gasteiger partial charge in [0.15, 0.2) is 0 Å². The number of nitrogens with one attached hydrogen (secondary N) is 1. The molecule has 0 bridgehead atoms. The van der Waals surface area contributed by atoms with E-state index in [1.807, 2.05) is 0 Å². The number of benzene rings is 1. The molecule has 0 spiro atoms. The van der Waals surface area contributed by atoms with Crippen LogP contribution in [0.15, 0.2) is 24.3 Å². The van der Waals surface area contributed by atoms with Gasteiger partial charge >= 0.3 is 0 Å². The molecule has 1 N–H and O–H groups in total.